The second-order valence-corrected chi connectivity index (χ2v) is 8.60. The number of hydrogen-bond donors (Lipinski definition) is 2. The number of hydrogen-bond acceptors (Lipinski definition) is 5. The lowest BCUT2D eigenvalue weighted by Crippen LogP contribution is -2.34. The number of aromatic nitrogens is 1. The van der Waals surface area contributed by atoms with Gasteiger partial charge in [0, 0.05) is 24.3 Å². The first-order valence-electron chi connectivity index (χ1n) is 11.2. The number of piperidine rings is 1. The Morgan fingerprint density at radius 3 is 2.55 bits per heavy atom. The highest BCUT2D eigenvalue weighted by molar-refractivity contribution is 6.31. The predicted octanol–water partition coefficient (Wildman–Crippen LogP) is 4.97. The zero-order valence-electron chi connectivity index (χ0n) is 18.5. The molecule has 170 valence electrons. The summed E-state index contributed by atoms with van der Waals surface area (Å²) in [6, 6.07) is 21.7. The Kier molecular flexibility index (Phi) is 8.06. The summed E-state index contributed by atoms with van der Waals surface area (Å²) in [6.45, 7) is 3.53. The maximum atomic E-state index is 12.3. The van der Waals surface area contributed by atoms with Gasteiger partial charge < -0.3 is 5.32 Å². The lowest BCUT2D eigenvalue weighted by atomic mass is 9.98. The van der Waals surface area contributed by atoms with Gasteiger partial charge in [0.05, 0.1) is 11.9 Å². The second kappa shape index (κ2) is 11.6. The molecule has 0 saturated carbocycles. The molecule has 4 rings (SSSR count). The van der Waals surface area contributed by atoms with Crippen molar-refractivity contribution < 1.29 is 4.79 Å². The number of nitrogens with one attached hydrogen (secondary N) is 2. The van der Waals surface area contributed by atoms with Crippen LogP contribution < -0.4 is 10.7 Å². The highest BCUT2D eigenvalue weighted by Gasteiger charge is 2.18. The van der Waals surface area contributed by atoms with E-state index in [1.54, 1.807) is 12.3 Å². The molecular formula is C26H28ClN5O. The van der Waals surface area contributed by atoms with E-state index in [0.717, 1.165) is 48.7 Å². The van der Waals surface area contributed by atoms with Crippen molar-refractivity contribution in [2.45, 2.75) is 25.9 Å². The average molecular weight is 462 g/mol. The van der Waals surface area contributed by atoms with Crippen LogP contribution in [0.25, 0.3) is 0 Å². The topological polar surface area (TPSA) is 69.6 Å². The predicted molar refractivity (Wildman–Crippen MR) is 133 cm³/mol. The fraction of sp³-hybridized carbons (Fsp3) is 0.269. The Hall–Kier alpha value is -3.22. The summed E-state index contributed by atoms with van der Waals surface area (Å²) in [5, 5.41) is 8.29. The van der Waals surface area contributed by atoms with Gasteiger partial charge in [-0.3, -0.25) is 9.69 Å². The first-order chi connectivity index (χ1) is 16.2. The third-order valence-electron chi connectivity index (χ3n) is 5.77. The van der Waals surface area contributed by atoms with Crippen molar-refractivity contribution in [3.8, 4) is 0 Å². The van der Waals surface area contributed by atoms with Gasteiger partial charge in [0.15, 0.2) is 0 Å². The van der Waals surface area contributed by atoms with Crippen LogP contribution in [-0.2, 0) is 13.1 Å². The SMILES string of the molecule is O=C(NN=CC1CCN(Cc2ccccc2Cl)CC1)c1ccc(NCc2ccccc2)cn1. The first kappa shape index (κ1) is 23.0. The van der Waals surface area contributed by atoms with Crippen LogP contribution in [0.3, 0.4) is 0 Å². The fourth-order valence-corrected chi connectivity index (χ4v) is 4.01. The van der Waals surface area contributed by atoms with E-state index in [0.29, 0.717) is 18.2 Å². The summed E-state index contributed by atoms with van der Waals surface area (Å²) in [5.41, 5.74) is 6.15. The molecule has 1 aliphatic heterocycles. The lowest BCUT2D eigenvalue weighted by Gasteiger charge is -2.30. The lowest BCUT2D eigenvalue weighted by molar-refractivity contribution is 0.0950. The Morgan fingerprint density at radius 1 is 1.06 bits per heavy atom. The molecule has 33 heavy (non-hydrogen) atoms. The number of carbonyl (C=O) groups is 1. The fourth-order valence-electron chi connectivity index (χ4n) is 3.82. The summed E-state index contributed by atoms with van der Waals surface area (Å²) >= 11 is 6.27. The van der Waals surface area contributed by atoms with Gasteiger partial charge in [0.25, 0.3) is 5.91 Å². The Labute approximate surface area is 199 Å². The van der Waals surface area contributed by atoms with Gasteiger partial charge in [-0.05, 0) is 61.2 Å². The van der Waals surface area contributed by atoms with Gasteiger partial charge in [-0.1, -0.05) is 60.1 Å². The molecule has 0 aliphatic carbocycles. The van der Waals surface area contributed by atoms with Gasteiger partial charge in [-0.15, -0.1) is 0 Å². The molecule has 0 bridgehead atoms. The van der Waals surface area contributed by atoms with Crippen LogP contribution in [0, 0.1) is 5.92 Å². The van der Waals surface area contributed by atoms with Crippen molar-refractivity contribution in [1.82, 2.24) is 15.3 Å². The molecule has 1 aromatic heterocycles. The molecule has 7 heteroatoms. The normalized spacial score (nSPS) is 14.9. The van der Waals surface area contributed by atoms with Crippen LogP contribution in [0.1, 0.15) is 34.5 Å². The standard InChI is InChI=1S/C26H28ClN5O/c27-24-9-5-4-8-22(24)19-32-14-12-21(13-15-32)17-30-31-26(33)25-11-10-23(18-29-25)28-16-20-6-2-1-3-7-20/h1-11,17-18,21,28H,12-16,19H2,(H,31,33). The van der Waals surface area contributed by atoms with E-state index in [1.165, 1.54) is 5.56 Å². The Bertz CT molecular complexity index is 1060. The number of likely N-dealkylation sites (tertiary alicyclic amines) is 1. The van der Waals surface area contributed by atoms with Crippen molar-refractivity contribution >= 4 is 29.4 Å². The Balaban J connectivity index is 1.19. The summed E-state index contributed by atoms with van der Waals surface area (Å²) < 4.78 is 0. The van der Waals surface area contributed by atoms with Crippen molar-refractivity contribution in [3.05, 3.63) is 94.8 Å². The summed E-state index contributed by atoms with van der Waals surface area (Å²) in [4.78, 5) is 19.0. The molecule has 1 fully saturated rings. The molecule has 2 heterocycles. The molecule has 1 amide bonds. The van der Waals surface area contributed by atoms with Crippen molar-refractivity contribution in [2.24, 2.45) is 11.0 Å². The molecule has 1 saturated heterocycles. The number of anilines is 1. The smallest absolute Gasteiger partial charge is 0.289 e. The average Bonchev–Trinajstić information content (AvgIpc) is 2.86. The van der Waals surface area contributed by atoms with Gasteiger partial charge in [0.1, 0.15) is 5.69 Å². The van der Waals surface area contributed by atoms with E-state index in [9.17, 15) is 4.79 Å². The van der Waals surface area contributed by atoms with E-state index >= 15 is 0 Å². The minimum absolute atomic E-state index is 0.308. The zero-order chi connectivity index (χ0) is 22.9. The largest absolute Gasteiger partial charge is 0.380 e. The number of nitrogens with zero attached hydrogens (tertiary/aromatic N) is 3. The first-order valence-corrected chi connectivity index (χ1v) is 11.6. The molecule has 6 nitrogen and oxygen atoms in total. The van der Waals surface area contributed by atoms with Crippen LogP contribution in [-0.4, -0.2) is 35.1 Å². The summed E-state index contributed by atoms with van der Waals surface area (Å²) in [6.07, 6.45) is 5.52. The van der Waals surface area contributed by atoms with Crippen molar-refractivity contribution in [1.29, 1.82) is 0 Å². The highest BCUT2D eigenvalue weighted by atomic mass is 35.5. The number of amides is 1. The van der Waals surface area contributed by atoms with Crippen LogP contribution in [0.15, 0.2) is 78.0 Å². The zero-order valence-corrected chi connectivity index (χ0v) is 19.2. The Morgan fingerprint density at radius 2 is 1.82 bits per heavy atom. The molecule has 0 spiro atoms. The van der Waals surface area contributed by atoms with Crippen molar-refractivity contribution in [3.63, 3.8) is 0 Å². The quantitative estimate of drug-likeness (QED) is 0.367. The molecule has 0 radical (unpaired) electrons. The third-order valence-corrected chi connectivity index (χ3v) is 6.14. The maximum absolute atomic E-state index is 12.3. The number of carbonyl (C=O) groups excluding carboxylic acids is 1. The molecule has 3 aromatic rings. The molecule has 2 N–H and O–H groups in total. The van der Waals surface area contributed by atoms with Crippen LogP contribution in [0.5, 0.6) is 0 Å². The number of hydrazone groups is 1. The number of benzene rings is 2. The summed E-state index contributed by atoms with van der Waals surface area (Å²) in [5.74, 6) is 0.0438. The van der Waals surface area contributed by atoms with Gasteiger partial charge >= 0.3 is 0 Å². The van der Waals surface area contributed by atoms with Crippen LogP contribution in [0.4, 0.5) is 5.69 Å². The van der Waals surface area contributed by atoms with Crippen LogP contribution >= 0.6 is 11.6 Å². The molecule has 2 aromatic carbocycles. The van der Waals surface area contributed by atoms with E-state index in [-0.39, 0.29) is 5.91 Å². The summed E-state index contributed by atoms with van der Waals surface area (Å²) in [7, 11) is 0. The molecular weight excluding hydrogens is 434 g/mol. The van der Waals surface area contributed by atoms with E-state index < -0.39 is 0 Å². The third kappa shape index (κ3) is 6.88. The molecule has 1 aliphatic rings. The minimum atomic E-state index is -0.308. The second-order valence-electron chi connectivity index (χ2n) is 8.20. The van der Waals surface area contributed by atoms with Gasteiger partial charge in [0.2, 0.25) is 0 Å². The van der Waals surface area contributed by atoms with E-state index in [2.05, 4.69) is 43.9 Å². The van der Waals surface area contributed by atoms with E-state index in [1.807, 2.05) is 48.7 Å². The maximum Gasteiger partial charge on any atom is 0.289 e. The van der Waals surface area contributed by atoms with Crippen molar-refractivity contribution in [2.75, 3.05) is 18.4 Å². The molecule has 0 atom stereocenters. The van der Waals surface area contributed by atoms with Gasteiger partial charge in [-0.2, -0.15) is 5.10 Å². The number of pyridine rings is 1. The monoisotopic (exact) mass is 461 g/mol. The molecule has 0 unspecified atom stereocenters. The minimum Gasteiger partial charge on any atom is -0.380 e. The highest BCUT2D eigenvalue weighted by Crippen LogP contribution is 2.21. The number of halogens is 1. The number of rotatable bonds is 8. The van der Waals surface area contributed by atoms with E-state index in [4.69, 9.17) is 11.6 Å². The van der Waals surface area contributed by atoms with Crippen LogP contribution in [0.2, 0.25) is 5.02 Å². The van der Waals surface area contributed by atoms with Gasteiger partial charge in [-0.25, -0.2) is 10.4 Å².